The Morgan fingerprint density at radius 3 is 2.01 bits per heavy atom. The molecule has 2 aromatic heterocycles. The Labute approximate surface area is 541 Å². The van der Waals surface area contributed by atoms with E-state index in [1.54, 1.807) is 134 Å². The Morgan fingerprint density at radius 1 is 0.560 bits per heavy atom. The van der Waals surface area contributed by atoms with Gasteiger partial charge in [0.25, 0.3) is 0 Å². The molecule has 0 spiro atoms. The van der Waals surface area contributed by atoms with E-state index in [4.69, 9.17) is 21.2 Å². The van der Waals surface area contributed by atoms with Crippen molar-refractivity contribution in [1.82, 2.24) is 9.55 Å². The van der Waals surface area contributed by atoms with E-state index in [1.165, 1.54) is 53.2 Å². The number of pyridine rings is 1. The molecule has 11 aromatic rings. The number of nitrogens with zero attached hydrogens (tertiary/aromatic N) is 4. The van der Waals surface area contributed by atoms with Crippen LogP contribution < -0.4 is 14.5 Å². The fraction of sp³-hybridized carbons (Fsp3) is 0.253. The summed E-state index contributed by atoms with van der Waals surface area (Å²) in [4.78, 5) is 8.01. The standard InChI is InChI=1S/C79H78N4O/c1-52-21-19-24-56(39-52)59-43-58(55-22-13-12-14-23-55)44-60(45-59)67-41-54(50-77(5,6)7)40-66(57-31-34-68-69(46-57)79(10,11)37-36-78(68,8)9)75(67)82-51-81(71-29-17-18-30-72(71)82)61-25-20-26-62(47-61)84-63-32-33-65-64-27-15-16-28-70(64)83(73(65)48-63)74-42-53(35-38-80-74)49-76(2,3)4/h12-35,38-48H,36-37,49-51H2,1-11H3/i1D3,8D3,9D3,10D3,11D3,15D,16D,27D,28D,31D,34D,36D2,37D2,43D,44D,45D,46D,49D2. The van der Waals surface area contributed by atoms with E-state index in [2.05, 4.69) is 4.98 Å². The monoisotopic (exact) mass is 1130 g/mol. The molecule has 0 fully saturated rings. The van der Waals surface area contributed by atoms with Crippen LogP contribution in [0.15, 0.2) is 212 Å². The molecule has 0 radical (unpaired) electrons. The molecular formula is C79H78N4O. The van der Waals surface area contributed by atoms with Gasteiger partial charge in [-0.05, 0) is 195 Å². The third kappa shape index (κ3) is 10.6. The molecule has 9 aromatic carbocycles. The smallest absolute Gasteiger partial charge is 0.137 e. The number of anilines is 4. The highest BCUT2D eigenvalue weighted by molar-refractivity contribution is 6.09. The van der Waals surface area contributed by atoms with Crippen LogP contribution in [-0.4, -0.2) is 16.2 Å². The SMILES string of the molecule is [2H]c1c(-c2ccccc2)c([2H])c(-c2cc(CC(C)(C)C)cc(-c3c([2H])c([2H])c4c(c3[2H])C(C([2H])([2H])[2H])(C([2H])([2H])[2H])C([2H])([2H])C([2H])([2H])C4(C([2H])([2H])[2H])C([2H])([2H])[2H])c2N2CN(c3cccc(Oc4ccc5c6c([2H])c([2H])c([2H])c([2H])c6n(-c6cc(C([2H])([2H])C(C)(C)C)ccn6)c5c4)c3)c3ccccc32)c([2H])c1-c1cccc(C([2H])([2H])[2H])c1. The van der Waals surface area contributed by atoms with E-state index in [-0.39, 0.29) is 109 Å². The van der Waals surface area contributed by atoms with Crippen molar-refractivity contribution in [2.24, 2.45) is 10.8 Å². The van der Waals surface area contributed by atoms with Crippen molar-refractivity contribution in [1.29, 1.82) is 0 Å². The average molecular weight is 1130 g/mol. The minimum atomic E-state index is -4.69. The lowest BCUT2D eigenvalue weighted by Gasteiger charge is -2.42. The molecule has 84 heavy (non-hydrogen) atoms. The number of fused-ring (bicyclic) bond motifs is 5. The van der Waals surface area contributed by atoms with Crippen molar-refractivity contribution in [3.63, 3.8) is 0 Å². The van der Waals surface area contributed by atoms with Crippen LogP contribution in [0.25, 0.3) is 72.1 Å². The third-order valence-corrected chi connectivity index (χ3v) is 14.7. The Balaban J connectivity index is 1.12. The molecule has 0 saturated heterocycles. The summed E-state index contributed by atoms with van der Waals surface area (Å²) >= 11 is 0. The predicted octanol–water partition coefficient (Wildman–Crippen LogP) is 21.7. The van der Waals surface area contributed by atoms with Crippen molar-refractivity contribution >= 4 is 44.6 Å². The van der Waals surface area contributed by atoms with Gasteiger partial charge in [0, 0.05) is 74.7 Å². The molecule has 420 valence electrons. The molecule has 5 heteroatoms. The van der Waals surface area contributed by atoms with Crippen LogP contribution in [0.3, 0.4) is 0 Å². The van der Waals surface area contributed by atoms with E-state index in [0.29, 0.717) is 22.3 Å². The van der Waals surface area contributed by atoms with Gasteiger partial charge in [0.1, 0.15) is 24.0 Å². The average Bonchev–Trinajstić information content (AvgIpc) is 1.40. The quantitative estimate of drug-likeness (QED) is 0.129. The van der Waals surface area contributed by atoms with Gasteiger partial charge in [0.15, 0.2) is 0 Å². The Kier molecular flexibility index (Phi) is 7.39. The van der Waals surface area contributed by atoms with Gasteiger partial charge in [0.2, 0.25) is 0 Å². The summed E-state index contributed by atoms with van der Waals surface area (Å²) in [5.74, 6) is 0.482. The van der Waals surface area contributed by atoms with E-state index >= 15 is 0 Å². The molecule has 0 amide bonds. The van der Waals surface area contributed by atoms with E-state index in [9.17, 15) is 26.0 Å². The first-order chi connectivity index (χ1) is 53.0. The molecule has 0 atom stereocenters. The van der Waals surface area contributed by atoms with E-state index in [1.807, 2.05) is 20.8 Å². The zero-order valence-corrected chi connectivity index (χ0v) is 47.0. The Morgan fingerprint density at radius 2 is 1.25 bits per heavy atom. The second-order valence-corrected chi connectivity index (χ2v) is 23.6. The fourth-order valence-corrected chi connectivity index (χ4v) is 11.2. The largest absolute Gasteiger partial charge is 0.457 e. The van der Waals surface area contributed by atoms with Gasteiger partial charge in [-0.1, -0.05) is 184 Å². The van der Waals surface area contributed by atoms with Crippen LogP contribution >= 0.6 is 0 Å². The van der Waals surface area contributed by atoms with Gasteiger partial charge in [-0.15, -0.1) is 0 Å². The number of rotatable bonds is 11. The number of ether oxygens (including phenoxy) is 1. The first-order valence-electron chi connectivity index (χ1n) is 43.0. The van der Waals surface area contributed by atoms with Crippen molar-refractivity contribution in [3.8, 4) is 61.8 Å². The number of aryl methyl sites for hydroxylation is 1. The van der Waals surface area contributed by atoms with Crippen molar-refractivity contribution in [3.05, 3.63) is 240 Å². The number of hydrogen-bond acceptors (Lipinski definition) is 4. The molecule has 1 aliphatic heterocycles. The van der Waals surface area contributed by atoms with Gasteiger partial charge >= 0.3 is 0 Å². The number of benzene rings is 9. The second kappa shape index (κ2) is 20.9. The topological polar surface area (TPSA) is 33.5 Å². The first kappa shape index (κ1) is 29.7. The van der Waals surface area contributed by atoms with Crippen LogP contribution in [-0.2, 0) is 23.6 Å². The first-order valence-corrected chi connectivity index (χ1v) is 27.5. The van der Waals surface area contributed by atoms with Gasteiger partial charge in [-0.2, -0.15) is 0 Å². The summed E-state index contributed by atoms with van der Waals surface area (Å²) in [5.41, 5.74) is -14.5. The summed E-state index contributed by atoms with van der Waals surface area (Å²) in [6.07, 6.45) is -9.84. The van der Waals surface area contributed by atoms with Gasteiger partial charge in [-0.3, -0.25) is 4.57 Å². The number of para-hydroxylation sites is 3. The lowest BCUT2D eigenvalue weighted by atomic mass is 9.63. The molecular weight excluding hydrogens is 1020 g/mol. The molecule has 3 heterocycles. The molecule has 1 aliphatic carbocycles. The minimum absolute atomic E-state index is 0.000872. The van der Waals surface area contributed by atoms with Gasteiger partial charge < -0.3 is 14.5 Å². The maximum Gasteiger partial charge on any atom is 0.137 e. The van der Waals surface area contributed by atoms with Crippen molar-refractivity contribution in [2.75, 3.05) is 16.5 Å². The molecule has 0 bridgehead atoms. The summed E-state index contributed by atoms with van der Waals surface area (Å²) < 4.78 is 299. The third-order valence-electron chi connectivity index (χ3n) is 14.7. The number of aromatic nitrogens is 2. The number of hydrogen-bond donors (Lipinski definition) is 0. The zero-order valence-electron chi connectivity index (χ0n) is 78.0. The van der Waals surface area contributed by atoms with Crippen molar-refractivity contribution in [2.45, 2.75) is 112 Å². The van der Waals surface area contributed by atoms with E-state index < -0.39 is 152 Å². The molecule has 0 N–H and O–H groups in total. The molecule has 2 aliphatic rings. The highest BCUT2D eigenvalue weighted by Gasteiger charge is 2.38. The maximum absolute atomic E-state index is 10.7. The fourth-order valence-electron chi connectivity index (χ4n) is 11.2. The maximum atomic E-state index is 10.7. The highest BCUT2D eigenvalue weighted by atomic mass is 16.5. The lowest BCUT2D eigenvalue weighted by molar-refractivity contribution is 0.332. The summed E-state index contributed by atoms with van der Waals surface area (Å²) in [5, 5.41) is 0.521. The molecule has 0 unspecified atom stereocenters. The van der Waals surface area contributed by atoms with Crippen LogP contribution in [0, 0.1) is 17.7 Å². The second-order valence-electron chi connectivity index (χ2n) is 23.6. The summed E-state index contributed by atoms with van der Waals surface area (Å²) in [6.45, 7) is -9.98. The predicted molar refractivity (Wildman–Crippen MR) is 355 cm³/mol. The highest BCUT2D eigenvalue weighted by Crippen LogP contribution is 2.54. The summed E-state index contributed by atoms with van der Waals surface area (Å²) in [6, 6.07) is 30.4. The summed E-state index contributed by atoms with van der Waals surface area (Å²) in [7, 11) is 0. The molecule has 13 rings (SSSR count). The lowest BCUT2D eigenvalue weighted by Crippen LogP contribution is -2.33. The van der Waals surface area contributed by atoms with Gasteiger partial charge in [0.05, 0.1) is 41.8 Å². The van der Waals surface area contributed by atoms with Crippen LogP contribution in [0.4, 0.5) is 22.7 Å². The van der Waals surface area contributed by atoms with Crippen LogP contribution in [0.2, 0.25) is 0 Å². The normalized spacial score (nSPS) is 22.2. The van der Waals surface area contributed by atoms with Crippen molar-refractivity contribution < 1.29 is 47.2 Å². The zero-order chi connectivity index (χ0) is 84.9. The Hall–Kier alpha value is -8.67. The van der Waals surface area contributed by atoms with Crippen LogP contribution in [0.5, 0.6) is 11.5 Å². The van der Waals surface area contributed by atoms with E-state index in [0.717, 1.165) is 0 Å². The Bertz CT molecular complexity index is 5770. The minimum Gasteiger partial charge on any atom is -0.457 e. The van der Waals surface area contributed by atoms with Crippen LogP contribution in [0.1, 0.15) is 152 Å². The van der Waals surface area contributed by atoms with Gasteiger partial charge in [-0.25, -0.2) is 4.98 Å². The molecule has 5 nitrogen and oxygen atoms in total. The molecule has 0 saturated carbocycles.